The van der Waals surface area contributed by atoms with Crippen LogP contribution in [0.5, 0.6) is 0 Å². The molecule has 130 valence electrons. The third kappa shape index (κ3) is 3.56. The molecule has 1 saturated carbocycles. The van der Waals surface area contributed by atoms with Crippen molar-refractivity contribution in [2.75, 3.05) is 13.2 Å². The molecule has 0 bridgehead atoms. The van der Waals surface area contributed by atoms with E-state index in [1.807, 2.05) is 6.92 Å². The molecule has 1 aromatic rings. The molecule has 2 atom stereocenters. The molecule has 1 fully saturated rings. The molecule has 0 spiro atoms. The standard InChI is InChI=1S/C14H24N4O4S/c1-3-22-13(19)11-8-16-17-12(11)23(20,21)18-14(9-15)7-5-4-6-10(14)2/h8,10,18H,3-7,9,15H2,1-2H3,(H,16,17). The lowest BCUT2D eigenvalue weighted by Gasteiger charge is -2.42. The van der Waals surface area contributed by atoms with E-state index in [1.54, 1.807) is 6.92 Å². The highest BCUT2D eigenvalue weighted by atomic mass is 32.2. The first kappa shape index (κ1) is 17.9. The Labute approximate surface area is 136 Å². The van der Waals surface area contributed by atoms with Gasteiger partial charge >= 0.3 is 5.97 Å². The van der Waals surface area contributed by atoms with Gasteiger partial charge in [0, 0.05) is 12.1 Å². The molecule has 1 aliphatic rings. The van der Waals surface area contributed by atoms with Crippen molar-refractivity contribution in [2.45, 2.75) is 50.1 Å². The first-order valence-corrected chi connectivity index (χ1v) is 9.29. The van der Waals surface area contributed by atoms with Gasteiger partial charge in [-0.15, -0.1) is 0 Å². The zero-order valence-corrected chi connectivity index (χ0v) is 14.3. The summed E-state index contributed by atoms with van der Waals surface area (Å²) in [6.45, 7) is 4.00. The number of nitrogens with two attached hydrogens (primary N) is 1. The molecule has 0 aliphatic heterocycles. The maximum absolute atomic E-state index is 12.8. The lowest BCUT2D eigenvalue weighted by atomic mass is 9.74. The molecular weight excluding hydrogens is 320 g/mol. The Balaban J connectivity index is 2.32. The average molecular weight is 344 g/mol. The molecule has 0 saturated heterocycles. The molecule has 1 aromatic heterocycles. The Hall–Kier alpha value is -1.45. The smallest absolute Gasteiger partial charge is 0.342 e. The van der Waals surface area contributed by atoms with E-state index in [1.165, 1.54) is 0 Å². The average Bonchev–Trinajstić information content (AvgIpc) is 3.00. The fourth-order valence-corrected chi connectivity index (χ4v) is 4.68. The highest BCUT2D eigenvalue weighted by Crippen LogP contribution is 2.34. The molecule has 8 nitrogen and oxygen atoms in total. The molecule has 0 radical (unpaired) electrons. The molecule has 2 unspecified atom stereocenters. The lowest BCUT2D eigenvalue weighted by Crippen LogP contribution is -2.59. The second kappa shape index (κ2) is 6.98. The minimum atomic E-state index is -3.96. The number of nitrogens with zero attached hydrogens (tertiary/aromatic N) is 1. The molecular formula is C14H24N4O4S. The highest BCUT2D eigenvalue weighted by Gasteiger charge is 2.42. The number of nitrogens with one attached hydrogen (secondary N) is 2. The van der Waals surface area contributed by atoms with Gasteiger partial charge in [0.25, 0.3) is 10.0 Å². The largest absolute Gasteiger partial charge is 0.462 e. The van der Waals surface area contributed by atoms with Crippen LogP contribution >= 0.6 is 0 Å². The number of aromatic nitrogens is 2. The number of sulfonamides is 1. The summed E-state index contributed by atoms with van der Waals surface area (Å²) in [5.74, 6) is -0.606. The Bertz CT molecular complexity index is 657. The SMILES string of the molecule is CCOC(=O)c1cn[nH]c1S(=O)(=O)NC1(CN)CCCCC1C. The van der Waals surface area contributed by atoms with E-state index in [0.29, 0.717) is 6.42 Å². The maximum Gasteiger partial charge on any atom is 0.342 e. The second-order valence-electron chi connectivity index (χ2n) is 5.95. The number of carbonyl (C=O) groups excluding carboxylic acids is 1. The van der Waals surface area contributed by atoms with Crippen LogP contribution in [0.2, 0.25) is 0 Å². The van der Waals surface area contributed by atoms with E-state index in [2.05, 4.69) is 14.9 Å². The first-order valence-electron chi connectivity index (χ1n) is 7.81. The maximum atomic E-state index is 12.8. The van der Waals surface area contributed by atoms with Gasteiger partial charge in [-0.3, -0.25) is 5.10 Å². The summed E-state index contributed by atoms with van der Waals surface area (Å²) in [6, 6.07) is 0. The van der Waals surface area contributed by atoms with Crippen molar-refractivity contribution >= 4 is 16.0 Å². The van der Waals surface area contributed by atoms with E-state index in [4.69, 9.17) is 10.5 Å². The molecule has 0 aromatic carbocycles. The normalized spacial score (nSPS) is 25.3. The zero-order valence-electron chi connectivity index (χ0n) is 13.5. The summed E-state index contributed by atoms with van der Waals surface area (Å²) in [6.07, 6.45) is 4.72. The molecule has 4 N–H and O–H groups in total. The molecule has 2 rings (SSSR count). The quantitative estimate of drug-likeness (QED) is 0.654. The van der Waals surface area contributed by atoms with Gasteiger partial charge in [-0.1, -0.05) is 19.8 Å². The van der Waals surface area contributed by atoms with Crippen LogP contribution in [0.25, 0.3) is 0 Å². The Kier molecular flexibility index (Phi) is 5.43. The van der Waals surface area contributed by atoms with Gasteiger partial charge in [-0.25, -0.2) is 17.9 Å². The van der Waals surface area contributed by atoms with Gasteiger partial charge in [-0.2, -0.15) is 5.10 Å². The minimum absolute atomic E-state index is 0.102. The van der Waals surface area contributed by atoms with Crippen molar-refractivity contribution in [1.82, 2.24) is 14.9 Å². The monoisotopic (exact) mass is 344 g/mol. The fourth-order valence-electron chi connectivity index (χ4n) is 3.06. The van der Waals surface area contributed by atoms with E-state index in [0.717, 1.165) is 25.5 Å². The second-order valence-corrected chi connectivity index (χ2v) is 7.57. The third-order valence-corrected chi connectivity index (χ3v) is 6.05. The van der Waals surface area contributed by atoms with Gasteiger partial charge < -0.3 is 10.5 Å². The molecule has 23 heavy (non-hydrogen) atoms. The van der Waals surface area contributed by atoms with Crippen molar-refractivity contribution in [3.05, 3.63) is 11.8 Å². The number of ether oxygens (including phenoxy) is 1. The number of aromatic amines is 1. The summed E-state index contributed by atoms with van der Waals surface area (Å²) in [7, 11) is -3.96. The summed E-state index contributed by atoms with van der Waals surface area (Å²) in [5.41, 5.74) is 5.09. The topological polar surface area (TPSA) is 127 Å². The number of rotatable bonds is 6. The van der Waals surface area contributed by atoms with Gasteiger partial charge in [-0.05, 0) is 25.7 Å². The van der Waals surface area contributed by atoms with E-state index in [9.17, 15) is 13.2 Å². The van der Waals surface area contributed by atoms with Crippen LogP contribution in [0.4, 0.5) is 0 Å². The van der Waals surface area contributed by atoms with Gasteiger partial charge in [0.1, 0.15) is 5.56 Å². The van der Waals surface area contributed by atoms with Crippen LogP contribution in [-0.4, -0.2) is 43.3 Å². The van der Waals surface area contributed by atoms with E-state index in [-0.39, 0.29) is 29.7 Å². The highest BCUT2D eigenvalue weighted by molar-refractivity contribution is 7.89. The summed E-state index contributed by atoms with van der Waals surface area (Å²) in [5, 5.41) is 5.79. The van der Waals surface area contributed by atoms with E-state index < -0.39 is 21.5 Å². The van der Waals surface area contributed by atoms with Crippen molar-refractivity contribution in [1.29, 1.82) is 0 Å². The van der Waals surface area contributed by atoms with Crippen LogP contribution < -0.4 is 10.5 Å². The number of H-pyrrole nitrogens is 1. The van der Waals surface area contributed by atoms with Gasteiger partial charge in [0.05, 0.1) is 12.8 Å². The van der Waals surface area contributed by atoms with Crippen LogP contribution in [-0.2, 0) is 14.8 Å². The minimum Gasteiger partial charge on any atom is -0.462 e. The van der Waals surface area contributed by atoms with Gasteiger partial charge in [0.2, 0.25) is 0 Å². The Morgan fingerprint density at radius 2 is 2.30 bits per heavy atom. The summed E-state index contributed by atoms with van der Waals surface area (Å²) in [4.78, 5) is 11.9. The predicted octanol–water partition coefficient (Wildman–Crippen LogP) is 0.772. The molecule has 0 amide bonds. The third-order valence-electron chi connectivity index (χ3n) is 4.52. The first-order chi connectivity index (χ1) is 10.9. The molecule has 9 heteroatoms. The van der Waals surface area contributed by atoms with Crippen LogP contribution in [0.15, 0.2) is 11.2 Å². The van der Waals surface area contributed by atoms with Crippen LogP contribution in [0.3, 0.4) is 0 Å². The number of hydrogen-bond acceptors (Lipinski definition) is 6. The van der Waals surface area contributed by atoms with Crippen molar-refractivity contribution in [2.24, 2.45) is 11.7 Å². The van der Waals surface area contributed by atoms with Gasteiger partial charge in [0.15, 0.2) is 5.03 Å². The number of hydrogen-bond donors (Lipinski definition) is 3. The Morgan fingerprint density at radius 1 is 1.57 bits per heavy atom. The summed E-state index contributed by atoms with van der Waals surface area (Å²) >= 11 is 0. The van der Waals surface area contributed by atoms with Crippen molar-refractivity contribution < 1.29 is 17.9 Å². The van der Waals surface area contributed by atoms with Crippen molar-refractivity contribution in [3.63, 3.8) is 0 Å². The lowest BCUT2D eigenvalue weighted by molar-refractivity contribution is 0.0521. The zero-order chi connectivity index (χ0) is 17.1. The Morgan fingerprint density at radius 3 is 2.91 bits per heavy atom. The molecule has 1 heterocycles. The van der Waals surface area contributed by atoms with E-state index >= 15 is 0 Å². The number of carbonyl (C=O) groups is 1. The van der Waals surface area contributed by atoms with Crippen LogP contribution in [0.1, 0.15) is 49.9 Å². The summed E-state index contributed by atoms with van der Waals surface area (Å²) < 4.78 is 33.1. The number of esters is 1. The van der Waals surface area contributed by atoms with Crippen molar-refractivity contribution in [3.8, 4) is 0 Å². The fraction of sp³-hybridized carbons (Fsp3) is 0.714. The molecule has 1 aliphatic carbocycles. The predicted molar refractivity (Wildman–Crippen MR) is 84.3 cm³/mol. The van der Waals surface area contributed by atoms with Crippen LogP contribution in [0, 0.1) is 5.92 Å².